The zero-order valence-electron chi connectivity index (χ0n) is 14.4. The first kappa shape index (κ1) is 17.1. The predicted molar refractivity (Wildman–Crippen MR) is 106 cm³/mol. The fraction of sp³-hybridized carbons (Fsp3) is 0. The van der Waals surface area contributed by atoms with E-state index in [0.717, 1.165) is 33.9 Å². The third kappa shape index (κ3) is 3.77. The number of hydrogen-bond acceptors (Lipinski definition) is 5. The Bertz CT molecular complexity index is 982. The quantitative estimate of drug-likeness (QED) is 0.552. The summed E-state index contributed by atoms with van der Waals surface area (Å²) in [5.74, 6) is 0. The van der Waals surface area contributed by atoms with E-state index >= 15 is 0 Å². The lowest BCUT2D eigenvalue weighted by molar-refractivity contribution is 0.426. The molecule has 2 N–H and O–H groups in total. The smallest absolute Gasteiger partial charge is 0.423 e. The van der Waals surface area contributed by atoms with Crippen LogP contribution in [0.3, 0.4) is 0 Å². The van der Waals surface area contributed by atoms with Crippen molar-refractivity contribution >= 4 is 12.6 Å². The van der Waals surface area contributed by atoms with Crippen molar-refractivity contribution in [3.8, 4) is 33.9 Å². The van der Waals surface area contributed by atoms with Gasteiger partial charge in [0.2, 0.25) is 0 Å². The average molecular weight is 353 g/mol. The highest BCUT2D eigenvalue weighted by atomic mass is 16.4. The van der Waals surface area contributed by atoms with Gasteiger partial charge in [0.25, 0.3) is 0 Å². The molecule has 0 spiro atoms. The molecule has 5 nitrogen and oxygen atoms in total. The zero-order valence-corrected chi connectivity index (χ0v) is 14.4. The van der Waals surface area contributed by atoms with E-state index in [1.807, 2.05) is 60.7 Å². The molecule has 1 aromatic carbocycles. The van der Waals surface area contributed by atoms with E-state index in [1.165, 1.54) is 0 Å². The molecule has 27 heavy (non-hydrogen) atoms. The van der Waals surface area contributed by atoms with E-state index in [-0.39, 0.29) is 0 Å². The summed E-state index contributed by atoms with van der Waals surface area (Å²) in [7, 11) is -1.48. The first-order valence-electron chi connectivity index (χ1n) is 8.52. The van der Waals surface area contributed by atoms with Crippen molar-refractivity contribution in [2.24, 2.45) is 0 Å². The van der Waals surface area contributed by atoms with Crippen molar-refractivity contribution < 1.29 is 10.0 Å². The van der Waals surface area contributed by atoms with Gasteiger partial charge in [0.1, 0.15) is 0 Å². The molecule has 3 aromatic heterocycles. The van der Waals surface area contributed by atoms with Crippen LogP contribution in [0.1, 0.15) is 0 Å². The van der Waals surface area contributed by atoms with Gasteiger partial charge in [-0.15, -0.1) is 0 Å². The molecule has 0 atom stereocenters. The summed E-state index contributed by atoms with van der Waals surface area (Å²) in [4.78, 5) is 13.6. The van der Waals surface area contributed by atoms with Crippen LogP contribution in [0.4, 0.5) is 0 Å². The Kier molecular flexibility index (Phi) is 4.74. The molecule has 0 saturated carbocycles. The fourth-order valence-electron chi connectivity index (χ4n) is 2.84. The minimum absolute atomic E-state index is 0.447. The van der Waals surface area contributed by atoms with Crippen molar-refractivity contribution in [1.29, 1.82) is 0 Å². The second kappa shape index (κ2) is 7.49. The highest BCUT2D eigenvalue weighted by molar-refractivity contribution is 6.58. The summed E-state index contributed by atoms with van der Waals surface area (Å²) in [6.45, 7) is 0. The Morgan fingerprint density at radius 2 is 1.15 bits per heavy atom. The average Bonchev–Trinajstić information content (AvgIpc) is 2.75. The predicted octanol–water partition coefficient (Wildman–Crippen LogP) is 2.55. The SMILES string of the molecule is OB(O)c1ccc(-c2cc(-c3ccccn3)nc(-c3ccccn3)c2)cc1. The summed E-state index contributed by atoms with van der Waals surface area (Å²) >= 11 is 0. The molecule has 0 aliphatic heterocycles. The number of aromatic nitrogens is 3. The van der Waals surface area contributed by atoms with Crippen molar-refractivity contribution in [1.82, 2.24) is 15.0 Å². The van der Waals surface area contributed by atoms with E-state index in [4.69, 9.17) is 4.98 Å². The normalized spacial score (nSPS) is 10.6. The molecule has 4 aromatic rings. The van der Waals surface area contributed by atoms with Gasteiger partial charge in [-0.25, -0.2) is 4.98 Å². The van der Waals surface area contributed by atoms with Crippen molar-refractivity contribution in [3.05, 3.63) is 85.2 Å². The maximum Gasteiger partial charge on any atom is 0.488 e. The van der Waals surface area contributed by atoms with E-state index in [2.05, 4.69) is 9.97 Å². The molecule has 0 amide bonds. The third-order valence-corrected chi connectivity index (χ3v) is 4.22. The van der Waals surface area contributed by atoms with Crippen LogP contribution in [0.2, 0.25) is 0 Å². The Balaban J connectivity index is 1.85. The largest absolute Gasteiger partial charge is 0.488 e. The van der Waals surface area contributed by atoms with Gasteiger partial charge < -0.3 is 10.0 Å². The first-order valence-corrected chi connectivity index (χ1v) is 8.52. The Morgan fingerprint density at radius 1 is 0.593 bits per heavy atom. The molecule has 0 fully saturated rings. The number of hydrogen-bond donors (Lipinski definition) is 2. The molecule has 0 aliphatic carbocycles. The van der Waals surface area contributed by atoms with Crippen molar-refractivity contribution in [3.63, 3.8) is 0 Å². The number of benzene rings is 1. The maximum atomic E-state index is 9.30. The maximum absolute atomic E-state index is 9.30. The molecule has 4 rings (SSSR count). The molecule has 3 heterocycles. The van der Waals surface area contributed by atoms with E-state index < -0.39 is 7.12 Å². The summed E-state index contributed by atoms with van der Waals surface area (Å²) in [6.07, 6.45) is 3.48. The molecule has 0 aliphatic rings. The van der Waals surface area contributed by atoms with E-state index in [0.29, 0.717) is 5.46 Å². The summed E-state index contributed by atoms with van der Waals surface area (Å²) in [5.41, 5.74) is 5.39. The van der Waals surface area contributed by atoms with Crippen LogP contribution in [0, 0.1) is 0 Å². The first-order chi connectivity index (χ1) is 13.2. The van der Waals surface area contributed by atoms with Gasteiger partial charge in [0.05, 0.1) is 22.8 Å². The second-order valence-electron chi connectivity index (χ2n) is 6.05. The lowest BCUT2D eigenvalue weighted by Crippen LogP contribution is -2.29. The standard InChI is InChI=1S/C21H16BN3O2/c26-22(27)17-9-7-15(8-10-17)16-13-20(18-5-1-3-11-23-18)25-21(14-16)19-6-2-4-12-24-19/h1-14,26-27H. The molecule has 0 unspecified atom stereocenters. The van der Waals surface area contributed by atoms with Gasteiger partial charge in [0.15, 0.2) is 0 Å². The molecular weight excluding hydrogens is 337 g/mol. The topological polar surface area (TPSA) is 79.1 Å². The molecule has 0 saturated heterocycles. The van der Waals surface area contributed by atoms with E-state index in [1.54, 1.807) is 24.5 Å². The molecule has 0 radical (unpaired) electrons. The number of pyridine rings is 3. The summed E-state index contributed by atoms with van der Waals surface area (Å²) in [6, 6.07) is 22.5. The molecule has 130 valence electrons. The number of nitrogens with zero attached hydrogens (tertiary/aromatic N) is 3. The van der Waals surface area contributed by atoms with Gasteiger partial charge in [0, 0.05) is 12.4 Å². The van der Waals surface area contributed by atoms with Gasteiger partial charge in [-0.1, -0.05) is 36.4 Å². The fourth-order valence-corrected chi connectivity index (χ4v) is 2.84. The Hall–Kier alpha value is -3.35. The molecular formula is C21H16BN3O2. The van der Waals surface area contributed by atoms with Gasteiger partial charge >= 0.3 is 7.12 Å². The monoisotopic (exact) mass is 353 g/mol. The lowest BCUT2D eigenvalue weighted by Gasteiger charge is -2.10. The highest BCUT2D eigenvalue weighted by Gasteiger charge is 2.13. The minimum atomic E-state index is -1.48. The van der Waals surface area contributed by atoms with Crippen LogP contribution < -0.4 is 5.46 Å². The van der Waals surface area contributed by atoms with Crippen LogP contribution in [-0.2, 0) is 0 Å². The zero-order chi connectivity index (χ0) is 18.6. The molecule has 0 bridgehead atoms. The van der Waals surface area contributed by atoms with Gasteiger partial charge in [-0.05, 0) is 53.0 Å². The second-order valence-corrected chi connectivity index (χ2v) is 6.05. The van der Waals surface area contributed by atoms with Crippen LogP contribution in [-0.4, -0.2) is 32.1 Å². The van der Waals surface area contributed by atoms with Crippen LogP contribution in [0.5, 0.6) is 0 Å². The Labute approximate surface area is 157 Å². The third-order valence-electron chi connectivity index (χ3n) is 4.22. The minimum Gasteiger partial charge on any atom is -0.423 e. The summed E-state index contributed by atoms with van der Waals surface area (Å²) in [5, 5.41) is 18.6. The summed E-state index contributed by atoms with van der Waals surface area (Å²) < 4.78 is 0. The van der Waals surface area contributed by atoms with Crippen LogP contribution in [0.15, 0.2) is 85.2 Å². The number of rotatable bonds is 4. The van der Waals surface area contributed by atoms with Crippen molar-refractivity contribution in [2.45, 2.75) is 0 Å². The van der Waals surface area contributed by atoms with E-state index in [9.17, 15) is 10.0 Å². The van der Waals surface area contributed by atoms with Gasteiger partial charge in [-0.2, -0.15) is 0 Å². The van der Waals surface area contributed by atoms with Crippen molar-refractivity contribution in [2.75, 3.05) is 0 Å². The Morgan fingerprint density at radius 3 is 1.59 bits per heavy atom. The lowest BCUT2D eigenvalue weighted by atomic mass is 9.80. The van der Waals surface area contributed by atoms with Crippen LogP contribution >= 0.6 is 0 Å². The molecule has 6 heteroatoms. The van der Waals surface area contributed by atoms with Crippen LogP contribution in [0.25, 0.3) is 33.9 Å². The van der Waals surface area contributed by atoms with Gasteiger partial charge in [-0.3, -0.25) is 9.97 Å². The highest BCUT2D eigenvalue weighted by Crippen LogP contribution is 2.28.